The number of nitrogens with two attached hydrogens (primary N) is 1. The van der Waals surface area contributed by atoms with Crippen LogP contribution in [0.3, 0.4) is 0 Å². The molecule has 0 radical (unpaired) electrons. The van der Waals surface area contributed by atoms with Crippen molar-refractivity contribution in [3.63, 3.8) is 0 Å². The quantitative estimate of drug-likeness (QED) is 0.896. The Kier molecular flexibility index (Phi) is 5.02. The van der Waals surface area contributed by atoms with Gasteiger partial charge in [0.15, 0.2) is 0 Å². The highest BCUT2D eigenvalue weighted by Gasteiger charge is 2.37. The van der Waals surface area contributed by atoms with Gasteiger partial charge in [-0.1, -0.05) is 30.7 Å². The Morgan fingerprint density at radius 2 is 2.04 bits per heavy atom. The molecule has 4 heteroatoms. The van der Waals surface area contributed by atoms with E-state index in [1.54, 1.807) is 0 Å². The van der Waals surface area contributed by atoms with Gasteiger partial charge in [-0.3, -0.25) is 4.79 Å². The maximum atomic E-state index is 12.5. The summed E-state index contributed by atoms with van der Waals surface area (Å²) in [5.74, 6) is 0.123. The first-order valence-corrected chi connectivity index (χ1v) is 8.79. The van der Waals surface area contributed by atoms with Crippen LogP contribution in [0.25, 0.3) is 0 Å². The number of rotatable bonds is 4. The van der Waals surface area contributed by atoms with E-state index in [0.29, 0.717) is 6.54 Å². The summed E-state index contributed by atoms with van der Waals surface area (Å²) in [4.78, 5) is 12.5. The van der Waals surface area contributed by atoms with E-state index in [-0.39, 0.29) is 23.3 Å². The lowest BCUT2D eigenvalue weighted by molar-refractivity contribution is -0.125. The molecule has 2 fully saturated rings. The molecule has 0 unspecified atom stereocenters. The normalized spacial score (nSPS) is 26.9. The van der Waals surface area contributed by atoms with Crippen LogP contribution in [0.5, 0.6) is 0 Å². The minimum atomic E-state index is -0.0120. The van der Waals surface area contributed by atoms with E-state index in [0.717, 1.165) is 45.3 Å². The van der Waals surface area contributed by atoms with Crippen LogP contribution in [0.4, 0.5) is 0 Å². The first-order valence-electron chi connectivity index (χ1n) is 8.79. The fourth-order valence-electron chi connectivity index (χ4n) is 4.17. The number of ether oxygens (including phenoxy) is 1. The van der Waals surface area contributed by atoms with Crippen molar-refractivity contribution >= 4 is 5.91 Å². The molecule has 23 heavy (non-hydrogen) atoms. The molecule has 2 aliphatic rings. The summed E-state index contributed by atoms with van der Waals surface area (Å²) in [6.07, 6.45) is 4.86. The van der Waals surface area contributed by atoms with E-state index in [4.69, 9.17) is 10.5 Å². The molecule has 1 saturated heterocycles. The van der Waals surface area contributed by atoms with Gasteiger partial charge in [0.05, 0.1) is 5.92 Å². The average Bonchev–Trinajstić information content (AvgIpc) is 3.00. The monoisotopic (exact) mass is 316 g/mol. The third-order valence-corrected chi connectivity index (χ3v) is 5.67. The number of carbonyl (C=O) groups is 1. The van der Waals surface area contributed by atoms with Crippen LogP contribution in [0.1, 0.15) is 43.2 Å². The van der Waals surface area contributed by atoms with E-state index in [9.17, 15) is 4.79 Å². The molecule has 0 spiro atoms. The molecule has 126 valence electrons. The van der Waals surface area contributed by atoms with Gasteiger partial charge in [-0.15, -0.1) is 0 Å². The molecule has 1 amide bonds. The van der Waals surface area contributed by atoms with Gasteiger partial charge in [-0.25, -0.2) is 0 Å². The molecule has 4 nitrogen and oxygen atoms in total. The number of hydrogen-bond donors (Lipinski definition) is 2. The summed E-state index contributed by atoms with van der Waals surface area (Å²) >= 11 is 0. The molecule has 0 bridgehead atoms. The van der Waals surface area contributed by atoms with Gasteiger partial charge >= 0.3 is 0 Å². The highest BCUT2D eigenvalue weighted by molar-refractivity contribution is 5.79. The van der Waals surface area contributed by atoms with Gasteiger partial charge in [0.25, 0.3) is 0 Å². The van der Waals surface area contributed by atoms with E-state index < -0.39 is 0 Å². The summed E-state index contributed by atoms with van der Waals surface area (Å²) in [6, 6.07) is 8.55. The van der Waals surface area contributed by atoms with Crippen LogP contribution in [0, 0.1) is 12.8 Å². The number of hydrogen-bond acceptors (Lipinski definition) is 3. The molecular formula is C19H28N2O2. The number of carbonyl (C=O) groups excluding carboxylic acids is 1. The van der Waals surface area contributed by atoms with Crippen molar-refractivity contribution < 1.29 is 9.53 Å². The first kappa shape index (κ1) is 16.5. The first-order chi connectivity index (χ1) is 11.1. The Morgan fingerprint density at radius 1 is 1.30 bits per heavy atom. The highest BCUT2D eigenvalue weighted by Crippen LogP contribution is 2.36. The predicted octanol–water partition coefficient (Wildman–Crippen LogP) is 2.29. The minimum absolute atomic E-state index is 0.0104. The van der Waals surface area contributed by atoms with E-state index >= 15 is 0 Å². The summed E-state index contributed by atoms with van der Waals surface area (Å²) in [7, 11) is 0. The molecule has 3 N–H and O–H groups in total. The smallest absolute Gasteiger partial charge is 0.224 e. The van der Waals surface area contributed by atoms with Crippen LogP contribution in [0.15, 0.2) is 24.3 Å². The lowest BCUT2D eigenvalue weighted by atomic mass is 9.72. The number of benzene rings is 1. The van der Waals surface area contributed by atoms with Crippen molar-refractivity contribution in [2.75, 3.05) is 19.8 Å². The number of amides is 1. The molecule has 1 aromatic carbocycles. The van der Waals surface area contributed by atoms with Crippen LogP contribution in [0.2, 0.25) is 0 Å². The number of aryl methyl sites for hydroxylation is 1. The van der Waals surface area contributed by atoms with Crippen LogP contribution in [-0.2, 0) is 14.9 Å². The van der Waals surface area contributed by atoms with Crippen LogP contribution in [-0.4, -0.2) is 31.7 Å². The van der Waals surface area contributed by atoms with Gasteiger partial charge in [-0.05, 0) is 43.7 Å². The largest absolute Gasteiger partial charge is 0.381 e. The zero-order valence-electron chi connectivity index (χ0n) is 14.0. The minimum Gasteiger partial charge on any atom is -0.381 e. The lowest BCUT2D eigenvalue weighted by Gasteiger charge is -2.39. The molecule has 0 aromatic heterocycles. The van der Waals surface area contributed by atoms with Crippen LogP contribution >= 0.6 is 0 Å². The molecular weight excluding hydrogens is 288 g/mol. The van der Waals surface area contributed by atoms with Crippen molar-refractivity contribution in [2.24, 2.45) is 11.7 Å². The van der Waals surface area contributed by atoms with Gasteiger partial charge in [0.2, 0.25) is 5.91 Å². The van der Waals surface area contributed by atoms with Crippen LogP contribution < -0.4 is 11.1 Å². The Bertz CT molecular complexity index is 552. The lowest BCUT2D eigenvalue weighted by Crippen LogP contribution is -2.48. The molecule has 1 aromatic rings. The summed E-state index contributed by atoms with van der Waals surface area (Å²) in [5.41, 5.74) is 8.70. The fourth-order valence-corrected chi connectivity index (χ4v) is 4.17. The second-order valence-electron chi connectivity index (χ2n) is 7.13. The second-order valence-corrected chi connectivity index (χ2v) is 7.13. The third kappa shape index (κ3) is 3.43. The zero-order chi connectivity index (χ0) is 16.3. The second kappa shape index (κ2) is 7.02. The average molecular weight is 316 g/mol. The van der Waals surface area contributed by atoms with Gasteiger partial charge in [0, 0.05) is 31.2 Å². The number of nitrogens with one attached hydrogen (secondary N) is 1. The van der Waals surface area contributed by atoms with Crippen molar-refractivity contribution in [2.45, 2.75) is 50.5 Å². The summed E-state index contributed by atoms with van der Waals surface area (Å²) in [5, 5.41) is 3.22. The van der Waals surface area contributed by atoms with Gasteiger partial charge in [0.1, 0.15) is 0 Å². The molecule has 3 rings (SSSR count). The fraction of sp³-hybridized carbons (Fsp3) is 0.632. The van der Waals surface area contributed by atoms with E-state index in [1.807, 2.05) is 0 Å². The molecule has 2 atom stereocenters. The molecule has 1 aliphatic carbocycles. The Morgan fingerprint density at radius 3 is 2.70 bits per heavy atom. The third-order valence-electron chi connectivity index (χ3n) is 5.67. The SMILES string of the molecule is Cc1ccccc1C1(CNC(=O)[C@H]2CCC[C@@H]2N)CCOCC1. The maximum absolute atomic E-state index is 12.5. The molecule has 1 aliphatic heterocycles. The van der Waals surface area contributed by atoms with E-state index in [1.165, 1.54) is 11.1 Å². The maximum Gasteiger partial charge on any atom is 0.224 e. The summed E-state index contributed by atoms with van der Waals surface area (Å²) < 4.78 is 5.58. The standard InChI is InChI=1S/C19H28N2O2/c1-14-5-2-3-7-16(14)19(9-11-23-12-10-19)13-21-18(22)15-6-4-8-17(15)20/h2-3,5,7,15,17H,4,6,8-13,20H2,1H3,(H,21,22)/t15-,17-/m0/s1. The zero-order valence-corrected chi connectivity index (χ0v) is 14.0. The van der Waals surface area contributed by atoms with Crippen molar-refractivity contribution in [3.8, 4) is 0 Å². The van der Waals surface area contributed by atoms with Crippen molar-refractivity contribution in [1.82, 2.24) is 5.32 Å². The molecule has 1 heterocycles. The van der Waals surface area contributed by atoms with Crippen molar-refractivity contribution in [3.05, 3.63) is 35.4 Å². The predicted molar refractivity (Wildman–Crippen MR) is 91.2 cm³/mol. The summed E-state index contributed by atoms with van der Waals surface area (Å²) in [6.45, 7) is 4.35. The van der Waals surface area contributed by atoms with E-state index in [2.05, 4.69) is 36.5 Å². The Balaban J connectivity index is 1.75. The Hall–Kier alpha value is -1.39. The Labute approximate surface area is 138 Å². The van der Waals surface area contributed by atoms with Gasteiger partial charge in [-0.2, -0.15) is 0 Å². The van der Waals surface area contributed by atoms with Gasteiger partial charge < -0.3 is 15.8 Å². The topological polar surface area (TPSA) is 64.4 Å². The molecule has 1 saturated carbocycles. The highest BCUT2D eigenvalue weighted by atomic mass is 16.5. The van der Waals surface area contributed by atoms with Crippen molar-refractivity contribution in [1.29, 1.82) is 0 Å².